The monoisotopic (exact) mass is 252 g/mol. The average Bonchev–Trinajstić information content (AvgIpc) is 2.74. The van der Waals surface area contributed by atoms with Gasteiger partial charge in [-0.15, -0.1) is 0 Å². The van der Waals surface area contributed by atoms with Gasteiger partial charge in [0.2, 0.25) is 0 Å². The van der Waals surface area contributed by atoms with Crippen molar-refractivity contribution in [2.45, 2.75) is 32.8 Å². The molecule has 0 aliphatic carbocycles. The molecule has 18 heavy (non-hydrogen) atoms. The summed E-state index contributed by atoms with van der Waals surface area (Å²) < 4.78 is 5.63. The normalized spacial score (nSPS) is 23.1. The minimum atomic E-state index is -0.250. The highest BCUT2D eigenvalue weighted by atomic mass is 16.5. The molecule has 0 spiro atoms. The summed E-state index contributed by atoms with van der Waals surface area (Å²) in [6, 6.07) is 0. The van der Waals surface area contributed by atoms with E-state index in [9.17, 15) is 4.79 Å². The maximum Gasteiger partial charge on any atom is 0.298 e. The number of ether oxygens (including phenoxy) is 1. The van der Waals surface area contributed by atoms with Gasteiger partial charge in [-0.1, -0.05) is 19.8 Å². The molecule has 1 N–H and O–H groups in total. The molecular formula is C14H24N2O2. The summed E-state index contributed by atoms with van der Waals surface area (Å²) in [5, 5.41) is 3.41. The topological polar surface area (TPSA) is 41.6 Å². The first kappa shape index (κ1) is 15.0. The zero-order valence-electron chi connectivity index (χ0n) is 11.9. The Morgan fingerprint density at radius 3 is 2.83 bits per heavy atom. The fourth-order valence-electron chi connectivity index (χ4n) is 2.18. The number of methoxy groups -OCH3 is 1. The molecule has 4 heteroatoms. The van der Waals surface area contributed by atoms with Crippen molar-refractivity contribution >= 4 is 5.91 Å². The highest BCUT2D eigenvalue weighted by Gasteiger charge is 2.39. The van der Waals surface area contributed by atoms with E-state index in [0.29, 0.717) is 12.5 Å². The molecule has 1 aliphatic heterocycles. The van der Waals surface area contributed by atoms with E-state index in [1.807, 2.05) is 0 Å². The van der Waals surface area contributed by atoms with E-state index in [1.165, 1.54) is 0 Å². The first-order valence-electron chi connectivity index (χ1n) is 6.50. The third-order valence-electron chi connectivity index (χ3n) is 3.27. The number of likely N-dealkylation sites (tertiary alicyclic amines) is 1. The van der Waals surface area contributed by atoms with Crippen LogP contribution in [-0.4, -0.2) is 49.7 Å². The quantitative estimate of drug-likeness (QED) is 0.738. The zero-order valence-corrected chi connectivity index (χ0v) is 11.9. The van der Waals surface area contributed by atoms with Crippen molar-refractivity contribution in [3.05, 3.63) is 0 Å². The number of amides is 1. The van der Waals surface area contributed by atoms with E-state index in [1.54, 1.807) is 18.9 Å². The molecule has 1 heterocycles. The molecule has 0 radical (unpaired) electrons. The Hall–Kier alpha value is -1.05. The molecule has 1 fully saturated rings. The average molecular weight is 252 g/mol. The van der Waals surface area contributed by atoms with Crippen molar-refractivity contribution < 1.29 is 9.53 Å². The van der Waals surface area contributed by atoms with Crippen LogP contribution in [0.2, 0.25) is 0 Å². The Morgan fingerprint density at radius 2 is 2.28 bits per heavy atom. The fourth-order valence-corrected chi connectivity index (χ4v) is 2.18. The lowest BCUT2D eigenvalue weighted by Gasteiger charge is -2.28. The molecule has 1 unspecified atom stereocenters. The van der Waals surface area contributed by atoms with Crippen molar-refractivity contribution in [2.24, 2.45) is 5.92 Å². The second kappa shape index (κ2) is 6.77. The summed E-state index contributed by atoms with van der Waals surface area (Å²) >= 11 is 0. The smallest absolute Gasteiger partial charge is 0.298 e. The Balaban J connectivity index is 2.52. The summed E-state index contributed by atoms with van der Waals surface area (Å²) in [7, 11) is 1.72. The van der Waals surface area contributed by atoms with E-state index < -0.39 is 0 Å². The fraction of sp³-hybridized carbons (Fsp3) is 0.786. The summed E-state index contributed by atoms with van der Waals surface area (Å²) in [6.07, 6.45) is 0.867. The number of hydrogen-bond donors (Lipinski definition) is 1. The molecule has 1 saturated heterocycles. The van der Waals surface area contributed by atoms with Gasteiger partial charge in [-0.25, -0.2) is 0 Å². The van der Waals surface area contributed by atoms with Crippen molar-refractivity contribution in [3.8, 4) is 11.8 Å². The molecule has 1 amide bonds. The summed E-state index contributed by atoms with van der Waals surface area (Å²) in [5.41, 5.74) is -0.250. The van der Waals surface area contributed by atoms with E-state index >= 15 is 0 Å². The second-order valence-corrected chi connectivity index (χ2v) is 5.26. The van der Waals surface area contributed by atoms with Crippen molar-refractivity contribution in [1.29, 1.82) is 0 Å². The molecule has 0 saturated carbocycles. The number of carbonyl (C=O) groups is 1. The van der Waals surface area contributed by atoms with Gasteiger partial charge in [0, 0.05) is 20.2 Å². The highest BCUT2D eigenvalue weighted by molar-refractivity contribution is 5.93. The van der Waals surface area contributed by atoms with Crippen LogP contribution in [0.4, 0.5) is 0 Å². The number of carbonyl (C=O) groups excluding carboxylic acids is 1. The lowest BCUT2D eigenvalue weighted by Crippen LogP contribution is -2.46. The van der Waals surface area contributed by atoms with Gasteiger partial charge in [-0.05, 0) is 31.7 Å². The highest BCUT2D eigenvalue weighted by Crippen LogP contribution is 2.24. The van der Waals surface area contributed by atoms with Crippen LogP contribution in [0.3, 0.4) is 0 Å². The van der Waals surface area contributed by atoms with Gasteiger partial charge >= 0.3 is 0 Å². The Morgan fingerprint density at radius 1 is 1.56 bits per heavy atom. The standard InChI is InChI=1S/C14H24N2O2/c1-5-6-13(17)16-8-7-14(11-16,18-4)10-15-9-12(2)3/h12,15H,7-11H2,1-4H3. The summed E-state index contributed by atoms with van der Waals surface area (Å²) in [4.78, 5) is 13.5. The summed E-state index contributed by atoms with van der Waals surface area (Å²) in [6.45, 7) is 9.13. The first-order valence-corrected chi connectivity index (χ1v) is 6.50. The SMILES string of the molecule is CC#CC(=O)N1CCC(CNCC(C)C)(OC)C1. The molecule has 4 nitrogen and oxygen atoms in total. The Bertz CT molecular complexity index is 343. The summed E-state index contributed by atoms with van der Waals surface area (Å²) in [5.74, 6) is 5.75. The van der Waals surface area contributed by atoms with Gasteiger partial charge in [-0.3, -0.25) is 4.79 Å². The van der Waals surface area contributed by atoms with E-state index in [2.05, 4.69) is 31.0 Å². The van der Waals surface area contributed by atoms with Crippen molar-refractivity contribution in [3.63, 3.8) is 0 Å². The Kier molecular flexibility index (Phi) is 5.64. The van der Waals surface area contributed by atoms with Gasteiger partial charge in [-0.2, -0.15) is 0 Å². The third kappa shape index (κ3) is 4.01. The number of rotatable bonds is 5. The van der Waals surface area contributed by atoms with E-state index in [0.717, 1.165) is 26.1 Å². The van der Waals surface area contributed by atoms with Crippen LogP contribution < -0.4 is 5.32 Å². The lowest BCUT2D eigenvalue weighted by molar-refractivity contribution is -0.125. The largest absolute Gasteiger partial charge is 0.375 e. The molecule has 102 valence electrons. The maximum atomic E-state index is 11.7. The van der Waals surface area contributed by atoms with Gasteiger partial charge in [0.15, 0.2) is 0 Å². The van der Waals surface area contributed by atoms with Crippen LogP contribution >= 0.6 is 0 Å². The van der Waals surface area contributed by atoms with Crippen LogP contribution in [0.5, 0.6) is 0 Å². The number of nitrogens with one attached hydrogen (secondary N) is 1. The van der Waals surface area contributed by atoms with E-state index in [4.69, 9.17) is 4.74 Å². The Labute approximate surface area is 110 Å². The molecule has 0 aromatic heterocycles. The molecular weight excluding hydrogens is 228 g/mol. The van der Waals surface area contributed by atoms with Crippen LogP contribution in [0.1, 0.15) is 27.2 Å². The van der Waals surface area contributed by atoms with Crippen LogP contribution in [0, 0.1) is 17.8 Å². The first-order chi connectivity index (χ1) is 8.53. The second-order valence-electron chi connectivity index (χ2n) is 5.26. The zero-order chi connectivity index (χ0) is 13.6. The van der Waals surface area contributed by atoms with Crippen LogP contribution in [0.25, 0.3) is 0 Å². The van der Waals surface area contributed by atoms with Crippen LogP contribution in [0.15, 0.2) is 0 Å². The third-order valence-corrected chi connectivity index (χ3v) is 3.27. The van der Waals surface area contributed by atoms with Gasteiger partial charge in [0.25, 0.3) is 5.91 Å². The predicted molar refractivity (Wildman–Crippen MR) is 72.1 cm³/mol. The lowest BCUT2D eigenvalue weighted by atomic mass is 10.0. The number of nitrogens with zero attached hydrogens (tertiary/aromatic N) is 1. The number of hydrogen-bond acceptors (Lipinski definition) is 3. The van der Waals surface area contributed by atoms with Crippen LogP contribution in [-0.2, 0) is 9.53 Å². The minimum Gasteiger partial charge on any atom is -0.375 e. The molecule has 0 bridgehead atoms. The maximum absolute atomic E-state index is 11.7. The van der Waals surface area contributed by atoms with Gasteiger partial charge in [0.05, 0.1) is 12.1 Å². The molecule has 0 aromatic carbocycles. The van der Waals surface area contributed by atoms with Crippen molar-refractivity contribution in [2.75, 3.05) is 33.3 Å². The minimum absolute atomic E-state index is 0.0970. The van der Waals surface area contributed by atoms with E-state index in [-0.39, 0.29) is 11.5 Å². The van der Waals surface area contributed by atoms with Gasteiger partial charge in [0.1, 0.15) is 0 Å². The molecule has 1 atom stereocenters. The van der Waals surface area contributed by atoms with Gasteiger partial charge < -0.3 is 15.0 Å². The molecule has 0 aromatic rings. The van der Waals surface area contributed by atoms with Crippen molar-refractivity contribution in [1.82, 2.24) is 10.2 Å². The predicted octanol–water partition coefficient (Wildman–Crippen LogP) is 0.873. The molecule has 1 rings (SSSR count). The molecule has 1 aliphatic rings.